The molecule has 0 aliphatic rings. The van der Waals surface area contributed by atoms with Crippen LogP contribution in [0.3, 0.4) is 0 Å². The summed E-state index contributed by atoms with van der Waals surface area (Å²) >= 11 is 17.7. The number of hydrogen-bond donors (Lipinski definition) is 1. The molecule has 1 N–H and O–H groups in total. The zero-order chi connectivity index (χ0) is 15.4. The highest BCUT2D eigenvalue weighted by molar-refractivity contribution is 6.35. The normalized spacial score (nSPS) is 10.3. The summed E-state index contributed by atoms with van der Waals surface area (Å²) in [5, 5.41) is 4.00. The minimum atomic E-state index is -0.328. The molecule has 0 aromatic heterocycles. The van der Waals surface area contributed by atoms with Crippen LogP contribution in [0.1, 0.15) is 5.56 Å². The highest BCUT2D eigenvalue weighted by atomic mass is 35.5. The van der Waals surface area contributed by atoms with Crippen molar-refractivity contribution in [2.75, 3.05) is 11.9 Å². The number of ether oxygens (including phenoxy) is 1. The van der Waals surface area contributed by atoms with Gasteiger partial charge in [0.2, 0.25) is 0 Å². The first-order chi connectivity index (χ1) is 9.94. The Bertz CT molecular complexity index is 654. The van der Waals surface area contributed by atoms with Gasteiger partial charge in [-0.3, -0.25) is 4.79 Å². The molecule has 21 heavy (non-hydrogen) atoms. The topological polar surface area (TPSA) is 38.3 Å². The van der Waals surface area contributed by atoms with E-state index in [0.29, 0.717) is 26.5 Å². The fourth-order valence-electron chi connectivity index (χ4n) is 1.69. The average molecular weight is 345 g/mol. The van der Waals surface area contributed by atoms with Crippen LogP contribution in [0.2, 0.25) is 15.1 Å². The third kappa shape index (κ3) is 4.81. The van der Waals surface area contributed by atoms with E-state index < -0.39 is 0 Å². The molecular weight excluding hydrogens is 333 g/mol. The predicted molar refractivity (Wildman–Crippen MR) is 86.8 cm³/mol. The van der Waals surface area contributed by atoms with Crippen molar-refractivity contribution >= 4 is 46.4 Å². The van der Waals surface area contributed by atoms with E-state index in [1.165, 1.54) is 0 Å². The van der Waals surface area contributed by atoms with E-state index in [4.69, 9.17) is 39.5 Å². The Hall–Kier alpha value is -1.42. The Labute approximate surface area is 137 Å². The van der Waals surface area contributed by atoms with E-state index in [-0.39, 0.29) is 12.5 Å². The van der Waals surface area contributed by atoms with Gasteiger partial charge in [-0.15, -0.1) is 0 Å². The molecule has 2 aromatic carbocycles. The van der Waals surface area contributed by atoms with Gasteiger partial charge in [-0.05, 0) is 42.8 Å². The van der Waals surface area contributed by atoms with Crippen molar-refractivity contribution in [1.82, 2.24) is 0 Å². The number of rotatable bonds is 4. The Morgan fingerprint density at radius 1 is 1.10 bits per heavy atom. The van der Waals surface area contributed by atoms with Gasteiger partial charge in [0.15, 0.2) is 6.61 Å². The summed E-state index contributed by atoms with van der Waals surface area (Å²) < 4.78 is 5.40. The van der Waals surface area contributed by atoms with Gasteiger partial charge in [-0.2, -0.15) is 0 Å². The fourth-order valence-corrected chi connectivity index (χ4v) is 2.39. The van der Waals surface area contributed by atoms with Crippen LogP contribution in [0.15, 0.2) is 36.4 Å². The minimum Gasteiger partial charge on any atom is -0.482 e. The molecule has 0 bridgehead atoms. The maximum atomic E-state index is 11.8. The SMILES string of the molecule is Cc1ccc(Cl)c(OCC(=O)Nc2cc(Cl)cc(Cl)c2)c1. The molecule has 0 aliphatic carbocycles. The van der Waals surface area contributed by atoms with Crippen molar-refractivity contribution in [2.24, 2.45) is 0 Å². The number of halogens is 3. The van der Waals surface area contributed by atoms with Gasteiger partial charge in [-0.25, -0.2) is 0 Å². The molecule has 0 spiro atoms. The summed E-state index contributed by atoms with van der Waals surface area (Å²) in [6.45, 7) is 1.75. The molecule has 0 heterocycles. The Morgan fingerprint density at radius 3 is 2.43 bits per heavy atom. The van der Waals surface area contributed by atoms with Crippen molar-refractivity contribution in [3.8, 4) is 5.75 Å². The van der Waals surface area contributed by atoms with E-state index in [0.717, 1.165) is 5.56 Å². The minimum absolute atomic E-state index is 0.159. The van der Waals surface area contributed by atoms with Crippen molar-refractivity contribution in [3.63, 3.8) is 0 Å². The van der Waals surface area contributed by atoms with Crippen LogP contribution < -0.4 is 10.1 Å². The highest BCUT2D eigenvalue weighted by Crippen LogP contribution is 2.25. The summed E-state index contributed by atoms with van der Waals surface area (Å²) in [5.41, 5.74) is 1.51. The highest BCUT2D eigenvalue weighted by Gasteiger charge is 2.07. The first-order valence-electron chi connectivity index (χ1n) is 6.09. The Morgan fingerprint density at radius 2 is 1.76 bits per heavy atom. The van der Waals surface area contributed by atoms with Crippen LogP contribution in [0.5, 0.6) is 5.75 Å². The largest absolute Gasteiger partial charge is 0.482 e. The third-order valence-corrected chi connectivity index (χ3v) is 3.34. The number of carbonyl (C=O) groups excluding carboxylic acids is 1. The lowest BCUT2D eigenvalue weighted by molar-refractivity contribution is -0.118. The molecule has 2 aromatic rings. The molecule has 6 heteroatoms. The smallest absolute Gasteiger partial charge is 0.262 e. The zero-order valence-corrected chi connectivity index (χ0v) is 13.4. The van der Waals surface area contributed by atoms with Crippen molar-refractivity contribution in [1.29, 1.82) is 0 Å². The molecule has 110 valence electrons. The third-order valence-electron chi connectivity index (χ3n) is 2.59. The van der Waals surface area contributed by atoms with Crippen LogP contribution in [0.4, 0.5) is 5.69 Å². The number of benzene rings is 2. The van der Waals surface area contributed by atoms with Crippen LogP contribution in [-0.4, -0.2) is 12.5 Å². The van der Waals surface area contributed by atoms with E-state index >= 15 is 0 Å². The van der Waals surface area contributed by atoms with E-state index in [1.54, 1.807) is 30.3 Å². The van der Waals surface area contributed by atoms with Crippen LogP contribution in [0, 0.1) is 6.92 Å². The summed E-state index contributed by atoms with van der Waals surface area (Å²) in [6, 6.07) is 10.1. The second kappa shape index (κ2) is 7.03. The molecule has 0 fully saturated rings. The summed E-state index contributed by atoms with van der Waals surface area (Å²) in [6.07, 6.45) is 0. The van der Waals surface area contributed by atoms with Gasteiger partial charge in [0.25, 0.3) is 5.91 Å². The fraction of sp³-hybridized carbons (Fsp3) is 0.133. The van der Waals surface area contributed by atoms with Crippen molar-refractivity contribution in [2.45, 2.75) is 6.92 Å². The number of hydrogen-bond acceptors (Lipinski definition) is 2. The van der Waals surface area contributed by atoms with Crippen molar-refractivity contribution in [3.05, 3.63) is 57.0 Å². The van der Waals surface area contributed by atoms with Gasteiger partial charge in [0.1, 0.15) is 5.75 Å². The summed E-state index contributed by atoms with van der Waals surface area (Å²) in [5.74, 6) is 0.141. The summed E-state index contributed by atoms with van der Waals surface area (Å²) in [4.78, 5) is 11.8. The number of carbonyl (C=O) groups is 1. The molecule has 0 aliphatic heterocycles. The van der Waals surface area contributed by atoms with Gasteiger partial charge in [-0.1, -0.05) is 40.9 Å². The van der Waals surface area contributed by atoms with Gasteiger partial charge in [0, 0.05) is 15.7 Å². The van der Waals surface area contributed by atoms with Crippen LogP contribution >= 0.6 is 34.8 Å². The lowest BCUT2D eigenvalue weighted by Crippen LogP contribution is -2.20. The molecule has 1 amide bonds. The number of aryl methyl sites for hydroxylation is 1. The first kappa shape index (κ1) is 16.0. The Balaban J connectivity index is 1.97. The molecule has 0 radical (unpaired) electrons. The summed E-state index contributed by atoms with van der Waals surface area (Å²) in [7, 11) is 0. The molecular formula is C15H12Cl3NO2. The quantitative estimate of drug-likeness (QED) is 0.850. The van der Waals surface area contributed by atoms with E-state index in [9.17, 15) is 4.79 Å². The number of amides is 1. The second-order valence-electron chi connectivity index (χ2n) is 4.43. The predicted octanol–water partition coefficient (Wildman–Crippen LogP) is 4.97. The van der Waals surface area contributed by atoms with Gasteiger partial charge in [0.05, 0.1) is 5.02 Å². The van der Waals surface area contributed by atoms with Crippen LogP contribution in [0.25, 0.3) is 0 Å². The number of nitrogens with one attached hydrogen (secondary N) is 1. The molecule has 0 saturated carbocycles. The molecule has 0 atom stereocenters. The molecule has 0 saturated heterocycles. The Kier molecular flexibility index (Phi) is 5.34. The monoisotopic (exact) mass is 343 g/mol. The maximum Gasteiger partial charge on any atom is 0.262 e. The molecule has 2 rings (SSSR count). The molecule has 0 unspecified atom stereocenters. The van der Waals surface area contributed by atoms with Crippen LogP contribution in [-0.2, 0) is 4.79 Å². The molecule has 3 nitrogen and oxygen atoms in total. The lowest BCUT2D eigenvalue weighted by Gasteiger charge is -2.10. The van der Waals surface area contributed by atoms with Crippen molar-refractivity contribution < 1.29 is 9.53 Å². The maximum absolute atomic E-state index is 11.8. The van der Waals surface area contributed by atoms with E-state index in [1.807, 2.05) is 13.0 Å². The van der Waals surface area contributed by atoms with E-state index in [2.05, 4.69) is 5.32 Å². The van der Waals surface area contributed by atoms with Gasteiger partial charge < -0.3 is 10.1 Å². The zero-order valence-electron chi connectivity index (χ0n) is 11.1. The standard InChI is InChI=1S/C15H12Cl3NO2/c1-9-2-3-13(18)14(4-9)21-8-15(20)19-12-6-10(16)5-11(17)7-12/h2-7H,8H2,1H3,(H,19,20). The second-order valence-corrected chi connectivity index (χ2v) is 5.71. The lowest BCUT2D eigenvalue weighted by atomic mass is 10.2. The average Bonchev–Trinajstić information content (AvgIpc) is 2.38. The first-order valence-corrected chi connectivity index (χ1v) is 7.22. The number of anilines is 1. The van der Waals surface area contributed by atoms with Gasteiger partial charge >= 0.3 is 0 Å².